The number of benzene rings is 1. The molecule has 3 heteroatoms. The summed E-state index contributed by atoms with van der Waals surface area (Å²) in [5, 5.41) is 15.0. The summed E-state index contributed by atoms with van der Waals surface area (Å²) in [4.78, 5) is 4.63. The fourth-order valence-electron chi connectivity index (χ4n) is 3.08. The Kier molecular flexibility index (Phi) is 3.56. The second-order valence-corrected chi connectivity index (χ2v) is 5.56. The largest absolute Gasteiger partial charge is 0.367 e. The highest BCUT2D eigenvalue weighted by Gasteiger charge is 2.16. The van der Waals surface area contributed by atoms with Crippen LogP contribution in [-0.2, 0) is 0 Å². The first-order chi connectivity index (χ1) is 9.79. The van der Waals surface area contributed by atoms with Crippen molar-refractivity contribution in [1.82, 2.24) is 4.98 Å². The van der Waals surface area contributed by atoms with Gasteiger partial charge in [0.15, 0.2) is 0 Å². The summed E-state index contributed by atoms with van der Waals surface area (Å²) >= 11 is 0. The van der Waals surface area contributed by atoms with Crippen molar-refractivity contribution in [3.05, 3.63) is 35.5 Å². The molecule has 0 bridgehead atoms. The second-order valence-electron chi connectivity index (χ2n) is 5.56. The molecule has 0 amide bonds. The van der Waals surface area contributed by atoms with Gasteiger partial charge in [-0.1, -0.05) is 43.5 Å². The Hall–Kier alpha value is -2.08. The van der Waals surface area contributed by atoms with E-state index in [1.165, 1.54) is 32.1 Å². The summed E-state index contributed by atoms with van der Waals surface area (Å²) in [6, 6.07) is 10.8. The number of fused-ring (bicyclic) bond motifs is 1. The molecule has 0 atom stereocenters. The van der Waals surface area contributed by atoms with Gasteiger partial charge >= 0.3 is 0 Å². The third kappa shape index (κ3) is 2.34. The standard InChI is InChI=1S/C17H19N3/c1-12-16(11-18)14-9-5-6-10-15(14)17(19-12)20-13-7-3-2-4-8-13/h5-6,9-10,13H,2-4,7-8H2,1H3,(H,19,20). The van der Waals surface area contributed by atoms with Gasteiger partial charge in [0.05, 0.1) is 11.3 Å². The molecular formula is C17H19N3. The van der Waals surface area contributed by atoms with Gasteiger partial charge in [-0.2, -0.15) is 5.26 Å². The molecule has 0 spiro atoms. The fraction of sp³-hybridized carbons (Fsp3) is 0.412. The number of nitrogens with one attached hydrogen (secondary N) is 1. The molecule has 1 heterocycles. The van der Waals surface area contributed by atoms with E-state index in [4.69, 9.17) is 0 Å². The zero-order valence-corrected chi connectivity index (χ0v) is 11.8. The van der Waals surface area contributed by atoms with Crippen LogP contribution in [0.5, 0.6) is 0 Å². The first-order valence-electron chi connectivity index (χ1n) is 7.35. The average Bonchev–Trinajstić information content (AvgIpc) is 2.49. The summed E-state index contributed by atoms with van der Waals surface area (Å²) in [6.45, 7) is 1.91. The van der Waals surface area contributed by atoms with Crippen molar-refractivity contribution in [2.45, 2.75) is 45.1 Å². The minimum absolute atomic E-state index is 0.520. The maximum Gasteiger partial charge on any atom is 0.134 e. The van der Waals surface area contributed by atoms with Gasteiger partial charge in [0.2, 0.25) is 0 Å². The molecule has 2 aromatic rings. The van der Waals surface area contributed by atoms with Crippen molar-refractivity contribution in [2.75, 3.05) is 5.32 Å². The topological polar surface area (TPSA) is 48.7 Å². The van der Waals surface area contributed by atoms with Gasteiger partial charge in [0, 0.05) is 16.8 Å². The lowest BCUT2D eigenvalue weighted by Gasteiger charge is -2.24. The highest BCUT2D eigenvalue weighted by atomic mass is 15.0. The molecule has 1 N–H and O–H groups in total. The first-order valence-corrected chi connectivity index (χ1v) is 7.35. The minimum atomic E-state index is 0.520. The Morgan fingerprint density at radius 1 is 1.15 bits per heavy atom. The van der Waals surface area contributed by atoms with E-state index >= 15 is 0 Å². The van der Waals surface area contributed by atoms with Crippen LogP contribution in [0.4, 0.5) is 5.82 Å². The van der Waals surface area contributed by atoms with Gasteiger partial charge in [0.1, 0.15) is 11.9 Å². The molecule has 20 heavy (non-hydrogen) atoms. The van der Waals surface area contributed by atoms with Crippen molar-refractivity contribution in [3.8, 4) is 6.07 Å². The van der Waals surface area contributed by atoms with Crippen LogP contribution in [0.25, 0.3) is 10.8 Å². The molecule has 3 rings (SSSR count). The summed E-state index contributed by atoms with van der Waals surface area (Å²) in [6.07, 6.45) is 6.37. The Bertz CT molecular complexity index is 664. The second kappa shape index (κ2) is 5.50. The van der Waals surface area contributed by atoms with Crippen molar-refractivity contribution >= 4 is 16.6 Å². The zero-order valence-electron chi connectivity index (χ0n) is 11.8. The maximum atomic E-state index is 9.32. The lowest BCUT2D eigenvalue weighted by atomic mass is 9.95. The van der Waals surface area contributed by atoms with Crippen molar-refractivity contribution in [3.63, 3.8) is 0 Å². The third-order valence-corrected chi connectivity index (χ3v) is 4.15. The first kappa shape index (κ1) is 12.9. The number of anilines is 1. The third-order valence-electron chi connectivity index (χ3n) is 4.15. The predicted octanol–water partition coefficient (Wildman–Crippen LogP) is 4.16. The van der Waals surface area contributed by atoms with E-state index in [-0.39, 0.29) is 0 Å². The Balaban J connectivity index is 2.04. The maximum absolute atomic E-state index is 9.32. The number of hydrogen-bond donors (Lipinski definition) is 1. The summed E-state index contributed by atoms with van der Waals surface area (Å²) in [5.41, 5.74) is 1.50. The molecule has 0 radical (unpaired) electrons. The van der Waals surface area contributed by atoms with Crippen LogP contribution in [0.2, 0.25) is 0 Å². The molecular weight excluding hydrogens is 246 g/mol. The van der Waals surface area contributed by atoms with Crippen LogP contribution < -0.4 is 5.32 Å². The normalized spacial score (nSPS) is 16.0. The Labute approximate surface area is 119 Å². The lowest BCUT2D eigenvalue weighted by molar-refractivity contribution is 0.462. The van der Waals surface area contributed by atoms with Crippen LogP contribution in [0, 0.1) is 18.3 Å². The van der Waals surface area contributed by atoms with Crippen molar-refractivity contribution < 1.29 is 0 Å². The van der Waals surface area contributed by atoms with E-state index in [1.54, 1.807) is 0 Å². The monoisotopic (exact) mass is 265 g/mol. The Morgan fingerprint density at radius 2 is 1.85 bits per heavy atom. The SMILES string of the molecule is Cc1nc(NC2CCCCC2)c2ccccc2c1C#N. The predicted molar refractivity (Wildman–Crippen MR) is 81.7 cm³/mol. The van der Waals surface area contributed by atoms with Crippen LogP contribution in [0.3, 0.4) is 0 Å². The van der Waals surface area contributed by atoms with Gasteiger partial charge in [-0.25, -0.2) is 4.98 Å². The fourth-order valence-corrected chi connectivity index (χ4v) is 3.08. The van der Waals surface area contributed by atoms with Crippen LogP contribution in [0.1, 0.15) is 43.4 Å². The molecule has 0 aliphatic heterocycles. The van der Waals surface area contributed by atoms with Gasteiger partial charge in [-0.15, -0.1) is 0 Å². The van der Waals surface area contributed by atoms with Crippen molar-refractivity contribution in [1.29, 1.82) is 5.26 Å². The molecule has 102 valence electrons. The van der Waals surface area contributed by atoms with Crippen molar-refractivity contribution in [2.24, 2.45) is 0 Å². The van der Waals surface area contributed by atoms with E-state index < -0.39 is 0 Å². The van der Waals surface area contributed by atoms with Gasteiger partial charge < -0.3 is 5.32 Å². The van der Waals surface area contributed by atoms with Crippen LogP contribution in [0.15, 0.2) is 24.3 Å². The number of aromatic nitrogens is 1. The number of pyridine rings is 1. The van der Waals surface area contributed by atoms with E-state index in [0.717, 1.165) is 22.3 Å². The van der Waals surface area contributed by atoms with E-state index in [9.17, 15) is 5.26 Å². The van der Waals surface area contributed by atoms with Crippen LogP contribution in [-0.4, -0.2) is 11.0 Å². The molecule has 3 nitrogen and oxygen atoms in total. The van der Waals surface area contributed by atoms with Gasteiger partial charge in [-0.3, -0.25) is 0 Å². The number of rotatable bonds is 2. The highest BCUT2D eigenvalue weighted by Crippen LogP contribution is 2.29. The zero-order chi connectivity index (χ0) is 13.9. The highest BCUT2D eigenvalue weighted by molar-refractivity contribution is 5.96. The summed E-state index contributed by atoms with van der Waals surface area (Å²) in [7, 11) is 0. The van der Waals surface area contributed by atoms with Gasteiger partial charge in [0.25, 0.3) is 0 Å². The lowest BCUT2D eigenvalue weighted by Crippen LogP contribution is -2.23. The van der Waals surface area contributed by atoms with E-state index in [1.807, 2.05) is 31.2 Å². The molecule has 0 saturated heterocycles. The molecule has 1 saturated carbocycles. The van der Waals surface area contributed by atoms with E-state index in [2.05, 4.69) is 16.4 Å². The minimum Gasteiger partial charge on any atom is -0.367 e. The molecule has 0 unspecified atom stereocenters. The average molecular weight is 265 g/mol. The number of aryl methyl sites for hydroxylation is 1. The number of hydrogen-bond acceptors (Lipinski definition) is 3. The van der Waals surface area contributed by atoms with Crippen LogP contribution >= 0.6 is 0 Å². The van der Waals surface area contributed by atoms with Gasteiger partial charge in [-0.05, 0) is 19.8 Å². The smallest absolute Gasteiger partial charge is 0.134 e. The number of nitriles is 1. The summed E-state index contributed by atoms with van der Waals surface area (Å²) in [5.74, 6) is 0.934. The quantitative estimate of drug-likeness (QED) is 0.887. The number of nitrogens with zero attached hydrogens (tertiary/aromatic N) is 2. The molecule has 1 aliphatic rings. The molecule has 1 aliphatic carbocycles. The molecule has 1 fully saturated rings. The summed E-state index contributed by atoms with van der Waals surface area (Å²) < 4.78 is 0. The van der Waals surface area contributed by atoms with E-state index in [0.29, 0.717) is 11.6 Å². The molecule has 1 aromatic heterocycles. The molecule has 1 aromatic carbocycles. The Morgan fingerprint density at radius 3 is 2.55 bits per heavy atom.